The van der Waals surface area contributed by atoms with Gasteiger partial charge in [-0.1, -0.05) is 6.08 Å². The Morgan fingerprint density at radius 2 is 2.46 bits per heavy atom. The topological polar surface area (TPSA) is 18.5 Å². The zero-order valence-electron chi connectivity index (χ0n) is 8.28. The number of rotatable bonds is 0. The Bertz CT molecular complexity index is 281. The molecule has 5 atom stereocenters. The van der Waals surface area contributed by atoms with Crippen molar-refractivity contribution in [2.75, 3.05) is 6.61 Å². The molecule has 2 saturated heterocycles. The Balaban J connectivity index is 1.87. The molecule has 0 N–H and O–H groups in total. The maximum Gasteiger partial charge on any atom is 0.161 e. The van der Waals surface area contributed by atoms with Crippen molar-refractivity contribution < 1.29 is 10.8 Å². The number of halogens is 1. The summed E-state index contributed by atoms with van der Waals surface area (Å²) in [5.74, 6) is 0.851. The van der Waals surface area contributed by atoms with Gasteiger partial charge in [0.1, 0.15) is 0 Å². The van der Waals surface area contributed by atoms with Gasteiger partial charge in [-0.25, -0.2) is 0 Å². The van der Waals surface area contributed by atoms with Crippen molar-refractivity contribution >= 4 is 22.6 Å². The number of ether oxygens (including phenoxy) is 2. The molecule has 0 amide bonds. The van der Waals surface area contributed by atoms with E-state index in [4.69, 9.17) is 10.8 Å². The first-order chi connectivity index (χ1) is 6.75. The monoisotopic (exact) mass is 293 g/mol. The summed E-state index contributed by atoms with van der Waals surface area (Å²) >= 11 is 2.31. The van der Waals surface area contributed by atoms with Crippen molar-refractivity contribution in [3.63, 3.8) is 0 Å². The van der Waals surface area contributed by atoms with Gasteiger partial charge in [0.15, 0.2) is 6.29 Å². The minimum atomic E-state index is -0.0858. The molecule has 3 rings (SSSR count). The van der Waals surface area contributed by atoms with Gasteiger partial charge < -0.3 is 9.47 Å². The first-order valence-corrected chi connectivity index (χ1v) is 5.89. The molecule has 0 radical (unpaired) electrons. The number of allylic oxidation sites excluding steroid dienone is 1. The lowest BCUT2D eigenvalue weighted by atomic mass is 9.82. The van der Waals surface area contributed by atoms with Gasteiger partial charge in [-0.3, -0.25) is 0 Å². The fraction of sp³-hybridized carbons (Fsp3) is 0.800. The van der Waals surface area contributed by atoms with Crippen molar-refractivity contribution in [1.82, 2.24) is 0 Å². The van der Waals surface area contributed by atoms with Gasteiger partial charge in [0.2, 0.25) is 0 Å². The minimum Gasteiger partial charge on any atom is -0.352 e. The SMILES string of the molecule is [2H]C1C=C(I)C[C@H]2O[C@H]3OCC[C@H]3[C@H]12. The van der Waals surface area contributed by atoms with E-state index < -0.39 is 0 Å². The smallest absolute Gasteiger partial charge is 0.161 e. The molecule has 0 saturated carbocycles. The largest absolute Gasteiger partial charge is 0.352 e. The Kier molecular flexibility index (Phi) is 1.89. The van der Waals surface area contributed by atoms with Crippen LogP contribution >= 0.6 is 22.6 Å². The van der Waals surface area contributed by atoms with Gasteiger partial charge in [-0.05, 0) is 44.9 Å². The second kappa shape index (κ2) is 3.21. The van der Waals surface area contributed by atoms with E-state index in [-0.39, 0.29) is 18.8 Å². The third-order valence-corrected chi connectivity index (χ3v) is 4.01. The molecule has 2 nitrogen and oxygen atoms in total. The van der Waals surface area contributed by atoms with Crippen LogP contribution in [0.2, 0.25) is 0 Å². The quantitative estimate of drug-likeness (QED) is 0.639. The number of hydrogen-bond acceptors (Lipinski definition) is 2. The Morgan fingerprint density at radius 3 is 3.38 bits per heavy atom. The molecule has 3 aliphatic rings. The summed E-state index contributed by atoms with van der Waals surface area (Å²) in [4.78, 5) is 0. The van der Waals surface area contributed by atoms with Crippen LogP contribution in [0.1, 0.15) is 20.6 Å². The van der Waals surface area contributed by atoms with Crippen LogP contribution < -0.4 is 0 Å². The van der Waals surface area contributed by atoms with E-state index in [1.807, 2.05) is 0 Å². The van der Waals surface area contributed by atoms with E-state index in [1.165, 1.54) is 3.58 Å². The van der Waals surface area contributed by atoms with Gasteiger partial charge in [-0.2, -0.15) is 0 Å². The van der Waals surface area contributed by atoms with Crippen molar-refractivity contribution in [2.45, 2.75) is 31.6 Å². The highest BCUT2D eigenvalue weighted by Crippen LogP contribution is 2.46. The van der Waals surface area contributed by atoms with Crippen LogP contribution in [-0.2, 0) is 9.47 Å². The first-order valence-electron chi connectivity index (χ1n) is 5.39. The van der Waals surface area contributed by atoms with Crippen LogP contribution in [0, 0.1) is 11.8 Å². The molecule has 2 aliphatic heterocycles. The van der Waals surface area contributed by atoms with Gasteiger partial charge >= 0.3 is 0 Å². The van der Waals surface area contributed by atoms with Gasteiger partial charge in [0, 0.05) is 13.7 Å². The van der Waals surface area contributed by atoms with Crippen LogP contribution in [0.3, 0.4) is 0 Å². The van der Waals surface area contributed by atoms with Crippen molar-refractivity contribution in [2.24, 2.45) is 11.8 Å². The summed E-state index contributed by atoms with van der Waals surface area (Å²) in [6.45, 7) is 0.812. The average molecular weight is 293 g/mol. The van der Waals surface area contributed by atoms with Gasteiger partial charge in [0.05, 0.1) is 12.7 Å². The zero-order valence-corrected chi connectivity index (χ0v) is 9.44. The molecule has 1 aliphatic carbocycles. The Morgan fingerprint density at radius 1 is 1.54 bits per heavy atom. The molecule has 0 aromatic rings. The summed E-state index contributed by atoms with van der Waals surface area (Å²) in [7, 11) is 0. The molecule has 0 spiro atoms. The summed E-state index contributed by atoms with van der Waals surface area (Å²) in [6, 6.07) is 0. The first kappa shape index (κ1) is 7.65. The number of fused-ring (bicyclic) bond motifs is 3. The lowest BCUT2D eigenvalue weighted by Crippen LogP contribution is -2.22. The minimum absolute atomic E-state index is 0.00597. The molecule has 0 aromatic heterocycles. The van der Waals surface area contributed by atoms with E-state index in [9.17, 15) is 0 Å². The molecule has 3 heteroatoms. The molecular formula is C10H13IO2. The third kappa shape index (κ3) is 1.36. The van der Waals surface area contributed by atoms with Crippen molar-refractivity contribution in [1.29, 1.82) is 0 Å². The van der Waals surface area contributed by atoms with E-state index in [1.54, 1.807) is 0 Å². The standard InChI is InChI=1S/C10H13IO2/c11-6-1-2-7-8-3-4-12-10(8)13-9(7)5-6/h1,7-10H,2-5H2/t7-,8-,9+,10+/m0/s1/i2D/t2?,7-,8-,9+,10+. The predicted molar refractivity (Wildman–Crippen MR) is 57.5 cm³/mol. The second-order valence-electron chi connectivity index (χ2n) is 3.95. The maximum atomic E-state index is 8.06. The maximum absolute atomic E-state index is 8.06. The van der Waals surface area contributed by atoms with Crippen LogP contribution in [0.5, 0.6) is 0 Å². The van der Waals surface area contributed by atoms with E-state index >= 15 is 0 Å². The molecule has 2 heterocycles. The molecule has 0 aromatic carbocycles. The second-order valence-corrected chi connectivity index (χ2v) is 5.34. The molecule has 2 fully saturated rings. The molecule has 72 valence electrons. The highest BCUT2D eigenvalue weighted by atomic mass is 127. The Hall–Kier alpha value is 0.390. The lowest BCUT2D eigenvalue weighted by Gasteiger charge is -2.24. The predicted octanol–water partition coefficient (Wildman–Crippen LogP) is 2.48. The Labute approximate surface area is 93.2 Å². The summed E-state index contributed by atoms with van der Waals surface area (Å²) in [6.07, 6.45) is 4.28. The number of hydrogen-bond donors (Lipinski definition) is 0. The van der Waals surface area contributed by atoms with Crippen LogP contribution in [0.4, 0.5) is 0 Å². The highest BCUT2D eigenvalue weighted by Gasteiger charge is 2.47. The molecular weight excluding hydrogens is 279 g/mol. The molecule has 13 heavy (non-hydrogen) atoms. The van der Waals surface area contributed by atoms with Gasteiger partial charge in [0.25, 0.3) is 0 Å². The van der Waals surface area contributed by atoms with Crippen molar-refractivity contribution in [3.8, 4) is 0 Å². The summed E-state index contributed by atoms with van der Waals surface area (Å²) in [5.41, 5.74) is 0. The lowest BCUT2D eigenvalue weighted by molar-refractivity contribution is -0.117. The van der Waals surface area contributed by atoms with E-state index in [0.717, 1.165) is 19.4 Å². The summed E-state index contributed by atoms with van der Waals surface area (Å²) < 4.78 is 20.7. The summed E-state index contributed by atoms with van der Waals surface area (Å²) in [5, 5.41) is 0. The fourth-order valence-electron chi connectivity index (χ4n) is 2.56. The van der Waals surface area contributed by atoms with Gasteiger partial charge in [-0.15, -0.1) is 0 Å². The molecule has 1 unspecified atom stereocenters. The molecule has 0 bridgehead atoms. The normalized spacial score (nSPS) is 55.3. The zero-order chi connectivity index (χ0) is 9.71. The van der Waals surface area contributed by atoms with Crippen molar-refractivity contribution in [3.05, 3.63) is 9.66 Å². The highest BCUT2D eigenvalue weighted by molar-refractivity contribution is 14.1. The van der Waals surface area contributed by atoms with E-state index in [0.29, 0.717) is 11.8 Å². The fourth-order valence-corrected chi connectivity index (χ4v) is 3.20. The average Bonchev–Trinajstić information content (AvgIpc) is 2.60. The van der Waals surface area contributed by atoms with Crippen LogP contribution in [0.25, 0.3) is 0 Å². The van der Waals surface area contributed by atoms with Crippen LogP contribution in [0.15, 0.2) is 9.66 Å². The third-order valence-electron chi connectivity index (χ3n) is 3.21. The van der Waals surface area contributed by atoms with Crippen LogP contribution in [-0.4, -0.2) is 19.0 Å². The van der Waals surface area contributed by atoms with E-state index in [2.05, 4.69) is 28.7 Å².